The molecule has 1 aliphatic rings. The van der Waals surface area contributed by atoms with Gasteiger partial charge in [0.05, 0.1) is 11.5 Å². The number of halogens is 4. The average Bonchev–Trinajstić information content (AvgIpc) is 3.07. The van der Waals surface area contributed by atoms with Crippen LogP contribution >= 0.6 is 24.0 Å². The molecule has 154 valence electrons. The number of hydrogen-bond acceptors (Lipinski definition) is 5. The maximum atomic E-state index is 12.8. The van der Waals surface area contributed by atoms with Crippen LogP contribution in [0.3, 0.4) is 0 Å². The van der Waals surface area contributed by atoms with Crippen molar-refractivity contribution in [3.8, 4) is 0 Å². The van der Waals surface area contributed by atoms with Gasteiger partial charge in [-0.1, -0.05) is 0 Å². The summed E-state index contributed by atoms with van der Waals surface area (Å²) in [6.07, 6.45) is -1.72. The number of aliphatic imine (C=N–C) groups is 1. The normalized spacial score (nSPS) is 17.4. The Morgan fingerprint density at radius 3 is 2.52 bits per heavy atom. The molecule has 1 atom stereocenters. The van der Waals surface area contributed by atoms with Crippen LogP contribution in [0.5, 0.6) is 0 Å². The molecule has 1 saturated heterocycles. The summed E-state index contributed by atoms with van der Waals surface area (Å²) in [6, 6.07) is -1.46. The van der Waals surface area contributed by atoms with Gasteiger partial charge in [0.15, 0.2) is 5.96 Å². The summed E-state index contributed by atoms with van der Waals surface area (Å²) in [5, 5.41) is 17.6. The third-order valence-electron chi connectivity index (χ3n) is 4.30. The van der Waals surface area contributed by atoms with Crippen molar-refractivity contribution >= 4 is 35.6 Å². The summed E-state index contributed by atoms with van der Waals surface area (Å²) in [4.78, 5) is 17.6. The lowest BCUT2D eigenvalue weighted by Gasteiger charge is -2.39. The van der Waals surface area contributed by atoms with Gasteiger partial charge in [-0.3, -0.25) is 24.7 Å². The number of hydrogen-bond donors (Lipinski definition) is 1. The standard InChI is InChI=1S/C14H22F3N7O2.HI/c1-11(14(15,16)17)21-5-7-22(8-6-21)13(18-2)19-3-4-23-10-12(9-20-23)24(25)26;/h9-11H,3-8H2,1-2H3,(H,18,19);1H. The highest BCUT2D eigenvalue weighted by molar-refractivity contribution is 14.0. The molecule has 1 unspecified atom stereocenters. The number of alkyl halides is 3. The number of nitro groups is 1. The molecule has 0 aliphatic carbocycles. The number of nitrogens with one attached hydrogen (secondary N) is 1. The molecule has 0 amide bonds. The van der Waals surface area contributed by atoms with Crippen molar-refractivity contribution in [3.63, 3.8) is 0 Å². The molecule has 0 bridgehead atoms. The minimum atomic E-state index is -4.23. The minimum absolute atomic E-state index is 0. The topological polar surface area (TPSA) is 91.8 Å². The fraction of sp³-hybridized carbons (Fsp3) is 0.714. The smallest absolute Gasteiger partial charge is 0.354 e. The van der Waals surface area contributed by atoms with Crippen molar-refractivity contribution in [1.29, 1.82) is 0 Å². The Morgan fingerprint density at radius 1 is 1.41 bits per heavy atom. The zero-order valence-electron chi connectivity index (χ0n) is 15.0. The van der Waals surface area contributed by atoms with E-state index >= 15 is 0 Å². The Kier molecular flexibility index (Phi) is 8.71. The Balaban J connectivity index is 0.00000364. The fourth-order valence-corrected chi connectivity index (χ4v) is 2.71. The molecule has 2 heterocycles. The summed E-state index contributed by atoms with van der Waals surface area (Å²) in [5.74, 6) is 0.589. The maximum absolute atomic E-state index is 12.8. The third-order valence-corrected chi connectivity index (χ3v) is 4.30. The van der Waals surface area contributed by atoms with Crippen molar-refractivity contribution in [2.75, 3.05) is 39.8 Å². The first-order chi connectivity index (χ1) is 12.2. The highest BCUT2D eigenvalue weighted by Gasteiger charge is 2.41. The lowest BCUT2D eigenvalue weighted by Crippen LogP contribution is -2.56. The lowest BCUT2D eigenvalue weighted by atomic mass is 10.2. The van der Waals surface area contributed by atoms with Crippen LogP contribution in [0.4, 0.5) is 18.9 Å². The van der Waals surface area contributed by atoms with E-state index in [1.54, 1.807) is 7.05 Å². The molecular weight excluding hydrogens is 482 g/mol. The molecular formula is C14H23F3IN7O2. The number of guanidine groups is 1. The maximum Gasteiger partial charge on any atom is 0.403 e. The van der Waals surface area contributed by atoms with Gasteiger partial charge in [-0.25, -0.2) is 0 Å². The van der Waals surface area contributed by atoms with Gasteiger partial charge in [-0.15, -0.1) is 24.0 Å². The molecule has 1 aliphatic heterocycles. The zero-order chi connectivity index (χ0) is 19.3. The van der Waals surface area contributed by atoms with Crippen molar-refractivity contribution < 1.29 is 18.1 Å². The van der Waals surface area contributed by atoms with E-state index in [0.717, 1.165) is 0 Å². The van der Waals surface area contributed by atoms with Crippen molar-refractivity contribution in [2.24, 2.45) is 4.99 Å². The van der Waals surface area contributed by atoms with Crippen molar-refractivity contribution in [3.05, 3.63) is 22.5 Å². The van der Waals surface area contributed by atoms with Gasteiger partial charge in [0.1, 0.15) is 18.4 Å². The number of rotatable bonds is 5. The number of aromatic nitrogens is 2. The minimum Gasteiger partial charge on any atom is -0.354 e. The predicted octanol–water partition coefficient (Wildman–Crippen LogP) is 1.55. The van der Waals surface area contributed by atoms with Gasteiger partial charge < -0.3 is 10.2 Å². The predicted molar refractivity (Wildman–Crippen MR) is 104 cm³/mol. The van der Waals surface area contributed by atoms with Gasteiger partial charge in [-0.2, -0.15) is 18.3 Å². The third kappa shape index (κ3) is 6.48. The molecule has 0 spiro atoms. The van der Waals surface area contributed by atoms with E-state index in [1.165, 1.54) is 28.9 Å². The molecule has 13 heteroatoms. The largest absolute Gasteiger partial charge is 0.403 e. The van der Waals surface area contributed by atoms with Crippen LogP contribution in [0.2, 0.25) is 0 Å². The van der Waals surface area contributed by atoms with E-state index in [-0.39, 0.29) is 29.7 Å². The van der Waals surface area contributed by atoms with Gasteiger partial charge in [0, 0.05) is 39.8 Å². The Hall–Kier alpha value is -1.64. The molecule has 0 aromatic carbocycles. The van der Waals surface area contributed by atoms with E-state index in [4.69, 9.17) is 0 Å². The second kappa shape index (κ2) is 10.1. The molecule has 0 radical (unpaired) electrons. The molecule has 1 aromatic heterocycles. The van der Waals surface area contributed by atoms with Crippen LogP contribution in [0.25, 0.3) is 0 Å². The Morgan fingerprint density at radius 2 is 2.04 bits per heavy atom. The van der Waals surface area contributed by atoms with E-state index in [0.29, 0.717) is 45.2 Å². The zero-order valence-corrected chi connectivity index (χ0v) is 17.3. The first kappa shape index (κ1) is 23.4. The Labute approximate surface area is 171 Å². The summed E-state index contributed by atoms with van der Waals surface area (Å²) in [5.41, 5.74) is -0.0794. The summed E-state index contributed by atoms with van der Waals surface area (Å²) in [7, 11) is 1.60. The van der Waals surface area contributed by atoms with Crippen LogP contribution < -0.4 is 5.32 Å². The molecule has 9 nitrogen and oxygen atoms in total. The van der Waals surface area contributed by atoms with Crippen LogP contribution in [0, 0.1) is 10.1 Å². The van der Waals surface area contributed by atoms with Crippen LogP contribution in [0.15, 0.2) is 17.4 Å². The monoisotopic (exact) mass is 505 g/mol. The lowest BCUT2D eigenvalue weighted by molar-refractivity contribution is -0.385. The van der Waals surface area contributed by atoms with Crippen LogP contribution in [0.1, 0.15) is 6.92 Å². The van der Waals surface area contributed by atoms with Crippen LogP contribution in [-0.2, 0) is 6.54 Å². The highest BCUT2D eigenvalue weighted by Crippen LogP contribution is 2.25. The van der Waals surface area contributed by atoms with E-state index in [2.05, 4.69) is 15.4 Å². The van der Waals surface area contributed by atoms with Gasteiger partial charge >= 0.3 is 11.9 Å². The first-order valence-corrected chi connectivity index (χ1v) is 8.15. The molecule has 1 aromatic rings. The van der Waals surface area contributed by atoms with Gasteiger partial charge in [0.25, 0.3) is 0 Å². The molecule has 1 N–H and O–H groups in total. The molecule has 2 rings (SSSR count). The second-order valence-electron chi connectivity index (χ2n) is 5.93. The average molecular weight is 505 g/mol. The van der Waals surface area contributed by atoms with E-state index in [1.807, 2.05) is 4.90 Å². The number of nitrogens with zero attached hydrogens (tertiary/aromatic N) is 6. The first-order valence-electron chi connectivity index (χ1n) is 8.15. The second-order valence-corrected chi connectivity index (χ2v) is 5.93. The van der Waals surface area contributed by atoms with E-state index < -0.39 is 17.1 Å². The van der Waals surface area contributed by atoms with Crippen molar-refractivity contribution in [1.82, 2.24) is 24.9 Å². The fourth-order valence-electron chi connectivity index (χ4n) is 2.71. The summed E-state index contributed by atoms with van der Waals surface area (Å²) >= 11 is 0. The van der Waals surface area contributed by atoms with Crippen molar-refractivity contribution in [2.45, 2.75) is 25.7 Å². The van der Waals surface area contributed by atoms with Crippen LogP contribution in [-0.4, -0.2) is 82.5 Å². The van der Waals surface area contributed by atoms with Gasteiger partial charge in [0.2, 0.25) is 0 Å². The molecule has 1 fully saturated rings. The highest BCUT2D eigenvalue weighted by atomic mass is 127. The molecule has 27 heavy (non-hydrogen) atoms. The Bertz CT molecular complexity index is 645. The van der Waals surface area contributed by atoms with Gasteiger partial charge in [-0.05, 0) is 6.92 Å². The number of piperazine rings is 1. The summed E-state index contributed by atoms with van der Waals surface area (Å²) in [6.45, 7) is 3.48. The summed E-state index contributed by atoms with van der Waals surface area (Å²) < 4.78 is 39.8. The molecule has 0 saturated carbocycles. The quantitative estimate of drug-likeness (QED) is 0.215. The SMILES string of the molecule is CN=C(NCCn1cc([N+](=O)[O-])cn1)N1CCN(C(C)C(F)(F)F)CC1.I. The van der Waals surface area contributed by atoms with E-state index in [9.17, 15) is 23.3 Å².